The average molecular weight is 319 g/mol. The number of nitrogens with zero attached hydrogens (tertiary/aromatic N) is 1. The predicted molar refractivity (Wildman–Crippen MR) is 71.6 cm³/mol. The summed E-state index contributed by atoms with van der Waals surface area (Å²) >= 11 is 0.812. The van der Waals surface area contributed by atoms with Crippen LogP contribution >= 0.6 is 11.3 Å². The van der Waals surface area contributed by atoms with E-state index in [0.717, 1.165) is 29.5 Å². The van der Waals surface area contributed by atoms with Gasteiger partial charge in [-0.25, -0.2) is 26.9 Å². The molecule has 0 atom stereocenters. The average Bonchev–Trinajstić information content (AvgIpc) is 2.70. The Labute approximate surface area is 118 Å². The van der Waals surface area contributed by atoms with Gasteiger partial charge >= 0.3 is 0 Å². The summed E-state index contributed by atoms with van der Waals surface area (Å²) in [5.41, 5.74) is 5.62. The summed E-state index contributed by atoms with van der Waals surface area (Å²) in [6.45, 7) is 1.15. The maximum absolute atomic E-state index is 13.4. The Hall–Kier alpha value is -1.58. The molecule has 20 heavy (non-hydrogen) atoms. The molecule has 0 aliphatic heterocycles. The number of nitrogens with two attached hydrogens (primary N) is 1. The smallest absolute Gasteiger partial charge is 0.252 e. The lowest BCUT2D eigenvalue weighted by molar-refractivity contribution is 0.567. The first-order valence-electron chi connectivity index (χ1n) is 5.46. The second kappa shape index (κ2) is 5.43. The number of rotatable bonds is 4. The molecular formula is C11H11F2N3O2S2. The van der Waals surface area contributed by atoms with E-state index < -0.39 is 21.7 Å². The largest absolute Gasteiger partial charge is 0.375 e. The number of nitrogen functional groups attached to an aromatic ring is 1. The van der Waals surface area contributed by atoms with Crippen LogP contribution in [0.15, 0.2) is 22.4 Å². The van der Waals surface area contributed by atoms with E-state index in [0.29, 0.717) is 0 Å². The van der Waals surface area contributed by atoms with Crippen LogP contribution in [0.1, 0.15) is 11.3 Å². The van der Waals surface area contributed by atoms with Crippen molar-refractivity contribution in [1.82, 2.24) is 9.71 Å². The van der Waals surface area contributed by atoms with E-state index in [1.54, 1.807) is 0 Å². The molecule has 1 aromatic heterocycles. The fourth-order valence-corrected chi connectivity index (χ4v) is 3.92. The van der Waals surface area contributed by atoms with Gasteiger partial charge in [0.15, 0.2) is 9.34 Å². The fraction of sp³-hybridized carbons (Fsp3) is 0.182. The number of thiazole rings is 1. The van der Waals surface area contributed by atoms with Crippen LogP contribution in [0.25, 0.3) is 0 Å². The molecule has 3 N–H and O–H groups in total. The second-order valence-corrected chi connectivity index (χ2v) is 6.98. The number of anilines is 1. The summed E-state index contributed by atoms with van der Waals surface area (Å²) in [4.78, 5) is 3.81. The topological polar surface area (TPSA) is 85.1 Å². The first kappa shape index (κ1) is 14.8. The van der Waals surface area contributed by atoms with E-state index in [1.807, 2.05) is 0 Å². The van der Waals surface area contributed by atoms with Crippen LogP contribution in [0.2, 0.25) is 0 Å². The highest BCUT2D eigenvalue weighted by Gasteiger charge is 2.21. The second-order valence-electron chi connectivity index (χ2n) is 3.99. The summed E-state index contributed by atoms with van der Waals surface area (Å²) in [7, 11) is -3.86. The minimum atomic E-state index is -3.86. The van der Waals surface area contributed by atoms with Crippen molar-refractivity contribution >= 4 is 26.5 Å². The van der Waals surface area contributed by atoms with Crippen molar-refractivity contribution in [2.75, 3.05) is 5.73 Å². The van der Waals surface area contributed by atoms with E-state index in [4.69, 9.17) is 5.73 Å². The van der Waals surface area contributed by atoms with E-state index in [9.17, 15) is 17.2 Å². The molecular weight excluding hydrogens is 308 g/mol. The Morgan fingerprint density at radius 2 is 2.10 bits per heavy atom. The lowest BCUT2D eigenvalue weighted by Gasteiger charge is -2.06. The maximum Gasteiger partial charge on any atom is 0.252 e. The third-order valence-corrected chi connectivity index (χ3v) is 5.47. The predicted octanol–water partition coefficient (Wildman–Crippen LogP) is 1.79. The number of halogens is 2. The van der Waals surface area contributed by atoms with Gasteiger partial charge in [0.1, 0.15) is 11.6 Å². The van der Waals surface area contributed by atoms with Crippen molar-refractivity contribution in [2.24, 2.45) is 0 Å². The van der Waals surface area contributed by atoms with Crippen molar-refractivity contribution in [3.63, 3.8) is 0 Å². The molecule has 0 saturated carbocycles. The standard InChI is InChI=1S/C11H11F2N3O2S2/c1-6-10(19-11(14)16-6)20(17,18)15-5-7-4-8(12)2-3-9(7)13/h2-4,15H,5H2,1H3,(H2,14,16). The Kier molecular flexibility index (Phi) is 4.02. The van der Waals surface area contributed by atoms with Gasteiger partial charge in [0.2, 0.25) is 0 Å². The number of nitrogens with one attached hydrogen (secondary N) is 1. The summed E-state index contributed by atoms with van der Waals surface area (Å²) < 4.78 is 52.6. The number of aryl methyl sites for hydroxylation is 1. The minimum absolute atomic E-state index is 0.0354. The van der Waals surface area contributed by atoms with Crippen LogP contribution in [-0.2, 0) is 16.6 Å². The molecule has 0 aliphatic rings. The number of aromatic nitrogens is 1. The molecule has 5 nitrogen and oxygen atoms in total. The van der Waals surface area contributed by atoms with Crippen LogP contribution in [0, 0.1) is 18.6 Å². The van der Waals surface area contributed by atoms with Crippen LogP contribution in [0.3, 0.4) is 0 Å². The summed E-state index contributed by atoms with van der Waals surface area (Å²) in [5.74, 6) is -1.33. The lowest BCUT2D eigenvalue weighted by Crippen LogP contribution is -2.23. The lowest BCUT2D eigenvalue weighted by atomic mass is 10.2. The molecule has 0 unspecified atom stereocenters. The van der Waals surface area contributed by atoms with E-state index >= 15 is 0 Å². The van der Waals surface area contributed by atoms with Gasteiger partial charge in [-0.15, -0.1) is 0 Å². The highest BCUT2D eigenvalue weighted by molar-refractivity contribution is 7.91. The van der Waals surface area contributed by atoms with E-state index in [2.05, 4.69) is 9.71 Å². The zero-order valence-corrected chi connectivity index (χ0v) is 12.0. The molecule has 0 spiro atoms. The van der Waals surface area contributed by atoms with Gasteiger partial charge in [0, 0.05) is 12.1 Å². The summed E-state index contributed by atoms with van der Waals surface area (Å²) in [6.07, 6.45) is 0. The van der Waals surface area contributed by atoms with Crippen molar-refractivity contribution in [1.29, 1.82) is 0 Å². The first-order valence-corrected chi connectivity index (χ1v) is 7.76. The van der Waals surface area contributed by atoms with Crippen LogP contribution < -0.4 is 10.5 Å². The molecule has 0 bridgehead atoms. The highest BCUT2D eigenvalue weighted by Crippen LogP contribution is 2.24. The molecule has 0 radical (unpaired) electrons. The number of benzene rings is 1. The van der Waals surface area contributed by atoms with E-state index in [1.165, 1.54) is 6.92 Å². The van der Waals surface area contributed by atoms with Crippen molar-refractivity contribution < 1.29 is 17.2 Å². The highest BCUT2D eigenvalue weighted by atomic mass is 32.2. The van der Waals surface area contributed by atoms with Crippen LogP contribution in [-0.4, -0.2) is 13.4 Å². The third kappa shape index (κ3) is 3.11. The van der Waals surface area contributed by atoms with Gasteiger partial charge in [-0.05, 0) is 25.1 Å². The quantitative estimate of drug-likeness (QED) is 0.900. The SMILES string of the molecule is Cc1nc(N)sc1S(=O)(=O)NCc1cc(F)ccc1F. The molecule has 9 heteroatoms. The van der Waals surface area contributed by atoms with E-state index in [-0.39, 0.29) is 27.1 Å². The molecule has 0 aliphatic carbocycles. The van der Waals surface area contributed by atoms with Gasteiger partial charge < -0.3 is 5.73 Å². The Balaban J connectivity index is 2.21. The van der Waals surface area contributed by atoms with Crippen molar-refractivity contribution in [3.05, 3.63) is 41.1 Å². The normalized spacial score (nSPS) is 11.8. The van der Waals surface area contributed by atoms with Gasteiger partial charge in [-0.3, -0.25) is 0 Å². The molecule has 1 aromatic carbocycles. The van der Waals surface area contributed by atoms with Gasteiger partial charge in [0.25, 0.3) is 10.0 Å². The fourth-order valence-electron chi connectivity index (χ4n) is 1.57. The Morgan fingerprint density at radius 3 is 2.70 bits per heavy atom. The first-order chi connectivity index (χ1) is 9.29. The third-order valence-electron chi connectivity index (χ3n) is 2.48. The molecule has 0 amide bonds. The van der Waals surface area contributed by atoms with Crippen LogP contribution in [0.5, 0.6) is 0 Å². The number of hydrogen-bond acceptors (Lipinski definition) is 5. The summed E-state index contributed by atoms with van der Waals surface area (Å²) in [6, 6.07) is 2.84. The van der Waals surface area contributed by atoms with Gasteiger partial charge in [0.05, 0.1) is 5.69 Å². The zero-order chi connectivity index (χ0) is 14.9. The molecule has 108 valence electrons. The molecule has 1 heterocycles. The van der Waals surface area contributed by atoms with Crippen molar-refractivity contribution in [2.45, 2.75) is 17.7 Å². The monoisotopic (exact) mass is 319 g/mol. The van der Waals surface area contributed by atoms with Gasteiger partial charge in [-0.1, -0.05) is 11.3 Å². The Morgan fingerprint density at radius 1 is 1.40 bits per heavy atom. The minimum Gasteiger partial charge on any atom is -0.375 e. The molecule has 0 saturated heterocycles. The van der Waals surface area contributed by atoms with Crippen molar-refractivity contribution in [3.8, 4) is 0 Å². The zero-order valence-electron chi connectivity index (χ0n) is 10.4. The molecule has 0 fully saturated rings. The molecule has 2 aromatic rings. The maximum atomic E-state index is 13.4. The number of hydrogen-bond donors (Lipinski definition) is 2. The number of sulfonamides is 1. The van der Waals surface area contributed by atoms with Gasteiger partial charge in [-0.2, -0.15) is 0 Å². The Bertz CT molecular complexity index is 744. The summed E-state index contributed by atoms with van der Waals surface area (Å²) in [5, 5.41) is 0.125. The molecule has 2 rings (SSSR count). The van der Waals surface area contributed by atoms with Crippen LogP contribution in [0.4, 0.5) is 13.9 Å².